The fourth-order valence-corrected chi connectivity index (χ4v) is 2.75. The van der Waals surface area contributed by atoms with E-state index < -0.39 is 11.4 Å². The standard InChI is InChI=1S/C16H21NO4/c1-3-10-17(11-14(18)19)15(20)16(8-9-16)12-6-4-5-7-13(12)21-2/h4-7H,3,8-11H2,1-2H3,(H,18,19). The van der Waals surface area contributed by atoms with Crippen molar-refractivity contribution in [2.75, 3.05) is 20.2 Å². The van der Waals surface area contributed by atoms with E-state index in [0.717, 1.165) is 24.8 Å². The zero-order chi connectivity index (χ0) is 15.5. The fraction of sp³-hybridized carbons (Fsp3) is 0.500. The highest BCUT2D eigenvalue weighted by molar-refractivity contribution is 5.93. The monoisotopic (exact) mass is 291 g/mol. The highest BCUT2D eigenvalue weighted by Gasteiger charge is 2.54. The van der Waals surface area contributed by atoms with Crippen LogP contribution in [0, 0.1) is 0 Å². The van der Waals surface area contributed by atoms with Crippen molar-refractivity contribution < 1.29 is 19.4 Å². The molecule has 1 fully saturated rings. The summed E-state index contributed by atoms with van der Waals surface area (Å²) in [7, 11) is 1.58. The Morgan fingerprint density at radius 1 is 1.33 bits per heavy atom. The molecule has 1 saturated carbocycles. The molecule has 114 valence electrons. The fourth-order valence-electron chi connectivity index (χ4n) is 2.75. The van der Waals surface area contributed by atoms with Crippen molar-refractivity contribution in [2.24, 2.45) is 0 Å². The molecule has 1 aliphatic carbocycles. The third-order valence-corrected chi connectivity index (χ3v) is 3.89. The molecule has 0 radical (unpaired) electrons. The van der Waals surface area contributed by atoms with Crippen molar-refractivity contribution in [3.63, 3.8) is 0 Å². The number of aliphatic carboxylic acids is 1. The van der Waals surface area contributed by atoms with Crippen LogP contribution in [0.25, 0.3) is 0 Å². The first-order valence-electron chi connectivity index (χ1n) is 7.20. The average molecular weight is 291 g/mol. The number of methoxy groups -OCH3 is 1. The van der Waals surface area contributed by atoms with E-state index in [0.29, 0.717) is 12.3 Å². The van der Waals surface area contributed by atoms with Gasteiger partial charge >= 0.3 is 5.97 Å². The van der Waals surface area contributed by atoms with Crippen LogP contribution >= 0.6 is 0 Å². The number of nitrogens with zero attached hydrogens (tertiary/aromatic N) is 1. The molecule has 21 heavy (non-hydrogen) atoms. The molecule has 0 spiro atoms. The molecular weight excluding hydrogens is 270 g/mol. The van der Waals surface area contributed by atoms with Crippen LogP contribution in [0.3, 0.4) is 0 Å². The molecular formula is C16H21NO4. The number of ether oxygens (including phenoxy) is 1. The number of hydrogen-bond acceptors (Lipinski definition) is 3. The van der Waals surface area contributed by atoms with Gasteiger partial charge < -0.3 is 14.7 Å². The van der Waals surface area contributed by atoms with E-state index in [1.807, 2.05) is 31.2 Å². The van der Waals surface area contributed by atoms with Crippen LogP contribution in [0.15, 0.2) is 24.3 Å². The number of carboxylic acids is 1. The maximum Gasteiger partial charge on any atom is 0.323 e. The van der Waals surface area contributed by atoms with Gasteiger partial charge in [-0.3, -0.25) is 9.59 Å². The van der Waals surface area contributed by atoms with E-state index in [1.165, 1.54) is 4.90 Å². The maximum absolute atomic E-state index is 12.8. The molecule has 2 rings (SSSR count). The summed E-state index contributed by atoms with van der Waals surface area (Å²) in [5.74, 6) is -0.390. The number of para-hydroxylation sites is 1. The molecule has 0 aromatic heterocycles. The third kappa shape index (κ3) is 3.01. The number of carbonyl (C=O) groups excluding carboxylic acids is 1. The Labute approximate surface area is 124 Å². The predicted octanol–water partition coefficient (Wildman–Crippen LogP) is 2.05. The van der Waals surface area contributed by atoms with Crippen LogP contribution in [0.5, 0.6) is 5.75 Å². The number of benzene rings is 1. The Morgan fingerprint density at radius 2 is 2.00 bits per heavy atom. The minimum absolute atomic E-state index is 0.101. The summed E-state index contributed by atoms with van der Waals surface area (Å²) in [4.78, 5) is 25.3. The number of hydrogen-bond donors (Lipinski definition) is 1. The van der Waals surface area contributed by atoms with Crippen LogP contribution in [0.4, 0.5) is 0 Å². The van der Waals surface area contributed by atoms with Crippen molar-refractivity contribution in [1.29, 1.82) is 0 Å². The van der Waals surface area contributed by atoms with Crippen molar-refractivity contribution in [1.82, 2.24) is 4.90 Å². The molecule has 0 aliphatic heterocycles. The van der Waals surface area contributed by atoms with E-state index in [-0.39, 0.29) is 12.5 Å². The van der Waals surface area contributed by atoms with Gasteiger partial charge in [0.15, 0.2) is 0 Å². The Bertz CT molecular complexity index is 537. The molecule has 1 aliphatic rings. The van der Waals surface area contributed by atoms with Gasteiger partial charge in [0.25, 0.3) is 0 Å². The van der Waals surface area contributed by atoms with Gasteiger partial charge in [0, 0.05) is 12.1 Å². The smallest absolute Gasteiger partial charge is 0.323 e. The van der Waals surface area contributed by atoms with Crippen LogP contribution in [-0.2, 0) is 15.0 Å². The summed E-state index contributed by atoms with van der Waals surface area (Å²) < 4.78 is 5.36. The van der Waals surface area contributed by atoms with Crippen molar-refractivity contribution in [3.05, 3.63) is 29.8 Å². The molecule has 1 N–H and O–H groups in total. The van der Waals surface area contributed by atoms with E-state index in [2.05, 4.69) is 0 Å². The van der Waals surface area contributed by atoms with Crippen LogP contribution < -0.4 is 4.74 Å². The molecule has 0 unspecified atom stereocenters. The Morgan fingerprint density at radius 3 is 2.52 bits per heavy atom. The lowest BCUT2D eigenvalue weighted by Gasteiger charge is -2.26. The minimum Gasteiger partial charge on any atom is -0.496 e. The van der Waals surface area contributed by atoms with Crippen molar-refractivity contribution in [2.45, 2.75) is 31.6 Å². The lowest BCUT2D eigenvalue weighted by atomic mass is 9.93. The molecule has 1 aromatic rings. The highest BCUT2D eigenvalue weighted by atomic mass is 16.5. The largest absolute Gasteiger partial charge is 0.496 e. The summed E-state index contributed by atoms with van der Waals surface area (Å²) in [5, 5.41) is 9.00. The molecule has 0 saturated heterocycles. The molecule has 5 nitrogen and oxygen atoms in total. The van der Waals surface area contributed by atoms with Gasteiger partial charge in [-0.05, 0) is 25.3 Å². The summed E-state index contributed by atoms with van der Waals surface area (Å²) in [5.41, 5.74) is 0.265. The molecule has 1 amide bonds. The van der Waals surface area contributed by atoms with Crippen molar-refractivity contribution in [3.8, 4) is 5.75 Å². The van der Waals surface area contributed by atoms with Gasteiger partial charge in [-0.25, -0.2) is 0 Å². The lowest BCUT2D eigenvalue weighted by molar-refractivity contribution is -0.145. The number of amides is 1. The topological polar surface area (TPSA) is 66.8 Å². The first kappa shape index (κ1) is 15.4. The van der Waals surface area contributed by atoms with Gasteiger partial charge in [-0.2, -0.15) is 0 Å². The van der Waals surface area contributed by atoms with Gasteiger partial charge in [-0.1, -0.05) is 25.1 Å². The van der Waals surface area contributed by atoms with Crippen LogP contribution in [0.1, 0.15) is 31.7 Å². The maximum atomic E-state index is 12.8. The number of rotatable bonds is 7. The van der Waals surface area contributed by atoms with Crippen molar-refractivity contribution >= 4 is 11.9 Å². The predicted molar refractivity (Wildman–Crippen MR) is 78.4 cm³/mol. The zero-order valence-electron chi connectivity index (χ0n) is 12.5. The molecule has 1 aromatic carbocycles. The van der Waals surface area contributed by atoms with Crippen LogP contribution in [-0.4, -0.2) is 42.1 Å². The zero-order valence-corrected chi connectivity index (χ0v) is 12.5. The van der Waals surface area contributed by atoms with Gasteiger partial charge in [0.1, 0.15) is 12.3 Å². The molecule has 0 heterocycles. The van der Waals surface area contributed by atoms with Gasteiger partial charge in [0.2, 0.25) is 5.91 Å². The average Bonchev–Trinajstić information content (AvgIpc) is 3.27. The quantitative estimate of drug-likeness (QED) is 0.835. The second-order valence-electron chi connectivity index (χ2n) is 5.40. The summed E-state index contributed by atoms with van der Waals surface area (Å²) in [6, 6.07) is 7.48. The Kier molecular flexibility index (Phi) is 4.50. The highest BCUT2D eigenvalue weighted by Crippen LogP contribution is 2.52. The lowest BCUT2D eigenvalue weighted by Crippen LogP contribution is -2.42. The molecule has 0 atom stereocenters. The summed E-state index contributed by atoms with van der Waals surface area (Å²) in [6.07, 6.45) is 2.22. The number of carbonyl (C=O) groups is 2. The summed E-state index contributed by atoms with van der Waals surface area (Å²) in [6.45, 7) is 2.15. The van der Waals surface area contributed by atoms with E-state index in [4.69, 9.17) is 9.84 Å². The van der Waals surface area contributed by atoms with Gasteiger partial charge in [0.05, 0.1) is 12.5 Å². The first-order valence-corrected chi connectivity index (χ1v) is 7.20. The van der Waals surface area contributed by atoms with Gasteiger partial charge in [-0.15, -0.1) is 0 Å². The first-order chi connectivity index (χ1) is 10.0. The molecule has 5 heteroatoms. The summed E-state index contributed by atoms with van der Waals surface area (Å²) >= 11 is 0. The second kappa shape index (κ2) is 6.16. The van der Waals surface area contributed by atoms with Crippen LogP contribution in [0.2, 0.25) is 0 Å². The molecule has 0 bridgehead atoms. The Balaban J connectivity index is 2.29. The minimum atomic E-state index is -0.979. The number of carboxylic acid groups (broad SMARTS) is 1. The van der Waals surface area contributed by atoms with E-state index in [9.17, 15) is 9.59 Å². The second-order valence-corrected chi connectivity index (χ2v) is 5.40. The normalized spacial score (nSPS) is 15.3. The van der Waals surface area contributed by atoms with E-state index >= 15 is 0 Å². The third-order valence-electron chi connectivity index (χ3n) is 3.89. The SMILES string of the molecule is CCCN(CC(=O)O)C(=O)C1(c2ccccc2OC)CC1. The Hall–Kier alpha value is -2.04. The van der Waals surface area contributed by atoms with E-state index in [1.54, 1.807) is 7.11 Å².